The number of likely N-dealkylation sites (N-methyl/N-ethyl adjacent to an activating group) is 1. The molecular formula is C26H31NO9. The lowest BCUT2D eigenvalue weighted by molar-refractivity contribution is -0.173. The predicted molar refractivity (Wildman–Crippen MR) is 124 cm³/mol. The molecule has 1 N–H and O–H groups in total. The van der Waals surface area contributed by atoms with Crippen LogP contribution in [0.5, 0.6) is 11.5 Å². The van der Waals surface area contributed by atoms with Crippen molar-refractivity contribution in [3.8, 4) is 11.5 Å². The number of piperidine rings is 1. The third-order valence-corrected chi connectivity index (χ3v) is 7.73. The minimum Gasteiger partial charge on any atom is -0.477 e. The van der Waals surface area contributed by atoms with Gasteiger partial charge >= 0.3 is 12.1 Å². The van der Waals surface area contributed by atoms with E-state index in [0.717, 1.165) is 11.1 Å². The molecule has 36 heavy (non-hydrogen) atoms. The molecule has 2 aliphatic carbocycles. The fourth-order valence-corrected chi connectivity index (χ4v) is 6.21. The summed E-state index contributed by atoms with van der Waals surface area (Å²) in [7, 11) is 1.99. The highest BCUT2D eigenvalue weighted by molar-refractivity contribution is 5.77. The van der Waals surface area contributed by atoms with Gasteiger partial charge in [-0.05, 0) is 71.8 Å². The van der Waals surface area contributed by atoms with E-state index in [0.29, 0.717) is 25.1 Å². The molecule has 4 aliphatic rings. The van der Waals surface area contributed by atoms with Gasteiger partial charge in [-0.1, -0.05) is 6.07 Å². The molecule has 2 bridgehead atoms. The van der Waals surface area contributed by atoms with E-state index in [1.54, 1.807) is 32.9 Å². The summed E-state index contributed by atoms with van der Waals surface area (Å²) in [6, 6.07) is 3.38. The maximum atomic E-state index is 12.6. The molecule has 1 fully saturated rings. The molecule has 0 saturated carbocycles. The van der Waals surface area contributed by atoms with Crippen molar-refractivity contribution < 1.29 is 43.2 Å². The molecule has 1 saturated heterocycles. The minimum atomic E-state index is -1.20. The standard InChI is InChI=1S/C26H31NO9/c1-14(32-13-28)22(29)33-17-8-9-26(31)18-12-15-6-7-16(34-23(30)36-24(2,3)4)20-19(15)25(26,21(17)35-20)10-11-27(18)5/h6-8,13-14,18,21,31H,9-12H2,1-5H3/t14-,18+,21-,25-,26+/m0/s1. The maximum Gasteiger partial charge on any atom is 0.514 e. The average molecular weight is 502 g/mol. The molecule has 194 valence electrons. The highest BCUT2D eigenvalue weighted by atomic mass is 16.7. The summed E-state index contributed by atoms with van der Waals surface area (Å²) in [5.74, 6) is 0.00254. The Balaban J connectivity index is 1.59. The van der Waals surface area contributed by atoms with E-state index in [1.165, 1.54) is 6.92 Å². The van der Waals surface area contributed by atoms with Gasteiger partial charge in [-0.25, -0.2) is 9.59 Å². The summed E-state index contributed by atoms with van der Waals surface area (Å²) in [5, 5.41) is 12.2. The molecule has 5 atom stereocenters. The second kappa shape index (κ2) is 8.21. The van der Waals surface area contributed by atoms with Crippen molar-refractivity contribution in [3.63, 3.8) is 0 Å². The lowest BCUT2D eigenvalue weighted by Crippen LogP contribution is -2.74. The number of hydrogen-bond donors (Lipinski definition) is 1. The zero-order valence-electron chi connectivity index (χ0n) is 21.0. The number of nitrogens with zero attached hydrogens (tertiary/aromatic N) is 1. The zero-order chi connectivity index (χ0) is 26.0. The van der Waals surface area contributed by atoms with Gasteiger partial charge < -0.3 is 33.7 Å². The molecule has 5 rings (SSSR count). The van der Waals surface area contributed by atoms with Crippen molar-refractivity contribution in [1.29, 1.82) is 0 Å². The normalized spacial score (nSPS) is 30.8. The maximum absolute atomic E-state index is 12.6. The van der Waals surface area contributed by atoms with Crippen molar-refractivity contribution in [1.82, 2.24) is 4.90 Å². The quantitative estimate of drug-likeness (QED) is 0.279. The van der Waals surface area contributed by atoms with Crippen LogP contribution >= 0.6 is 0 Å². The SMILES string of the molecule is C[C@H](OC=O)C(=O)OC1=CC[C@@]2(O)[C@H]3Cc4ccc(OC(=O)OC(C)(C)C)c5c4[C@@]2(CCN3C)[C@H]1O5. The summed E-state index contributed by atoms with van der Waals surface area (Å²) in [4.78, 5) is 38.0. The van der Waals surface area contributed by atoms with Crippen molar-refractivity contribution in [3.05, 3.63) is 35.1 Å². The highest BCUT2D eigenvalue weighted by Gasteiger charge is 2.72. The summed E-state index contributed by atoms with van der Waals surface area (Å²) in [6.45, 7) is 7.51. The number of likely N-dealkylation sites (tertiary alicyclic amines) is 1. The Kier molecular flexibility index (Phi) is 5.60. The van der Waals surface area contributed by atoms with Crippen LogP contribution in [0.3, 0.4) is 0 Å². The zero-order valence-corrected chi connectivity index (χ0v) is 21.0. The molecule has 1 spiro atoms. The van der Waals surface area contributed by atoms with Gasteiger partial charge in [0.15, 0.2) is 23.7 Å². The number of rotatable bonds is 5. The third kappa shape index (κ3) is 3.49. The van der Waals surface area contributed by atoms with Crippen LogP contribution in [0.1, 0.15) is 51.7 Å². The molecule has 2 heterocycles. The van der Waals surface area contributed by atoms with Gasteiger partial charge in [0.25, 0.3) is 6.47 Å². The first-order valence-corrected chi connectivity index (χ1v) is 12.1. The van der Waals surface area contributed by atoms with Crippen molar-refractivity contribution in [2.24, 2.45) is 0 Å². The molecule has 1 aromatic carbocycles. The van der Waals surface area contributed by atoms with Crippen LogP contribution in [-0.2, 0) is 35.6 Å². The van der Waals surface area contributed by atoms with E-state index in [1.807, 2.05) is 13.1 Å². The largest absolute Gasteiger partial charge is 0.514 e. The first kappa shape index (κ1) is 24.6. The molecule has 10 heteroatoms. The van der Waals surface area contributed by atoms with Gasteiger partial charge in [0, 0.05) is 18.0 Å². The molecular weight excluding hydrogens is 470 g/mol. The first-order chi connectivity index (χ1) is 16.9. The molecule has 10 nitrogen and oxygen atoms in total. The summed E-state index contributed by atoms with van der Waals surface area (Å²) < 4.78 is 27.7. The van der Waals surface area contributed by atoms with Crippen molar-refractivity contribution in [2.75, 3.05) is 13.6 Å². The van der Waals surface area contributed by atoms with E-state index in [2.05, 4.69) is 4.90 Å². The second-order valence-electron chi connectivity index (χ2n) is 10.9. The van der Waals surface area contributed by atoms with Gasteiger partial charge in [0.2, 0.25) is 0 Å². The number of carbonyl (C=O) groups is 3. The number of hydrogen-bond acceptors (Lipinski definition) is 10. The summed E-state index contributed by atoms with van der Waals surface area (Å²) in [6.07, 6.45) is 0.222. The van der Waals surface area contributed by atoms with Crippen LogP contribution in [0, 0.1) is 0 Å². The van der Waals surface area contributed by atoms with E-state index in [4.69, 9.17) is 23.7 Å². The lowest BCUT2D eigenvalue weighted by Gasteiger charge is -2.61. The Morgan fingerprint density at radius 1 is 1.28 bits per heavy atom. The Labute approximate surface area is 209 Å². The Bertz CT molecular complexity index is 1150. The molecule has 0 aromatic heterocycles. The fraction of sp³-hybridized carbons (Fsp3) is 0.577. The van der Waals surface area contributed by atoms with E-state index in [-0.39, 0.29) is 30.4 Å². The Morgan fingerprint density at radius 3 is 2.72 bits per heavy atom. The van der Waals surface area contributed by atoms with Crippen molar-refractivity contribution >= 4 is 18.6 Å². The first-order valence-electron chi connectivity index (χ1n) is 12.1. The number of aliphatic hydroxyl groups is 1. The highest BCUT2D eigenvalue weighted by Crippen LogP contribution is 2.65. The second-order valence-corrected chi connectivity index (χ2v) is 10.9. The average Bonchev–Trinajstić information content (AvgIpc) is 3.14. The third-order valence-electron chi connectivity index (χ3n) is 7.73. The van der Waals surface area contributed by atoms with Crippen LogP contribution in [0.2, 0.25) is 0 Å². The monoisotopic (exact) mass is 501 g/mol. The number of benzene rings is 1. The lowest BCUT2D eigenvalue weighted by atomic mass is 9.50. The van der Waals surface area contributed by atoms with E-state index >= 15 is 0 Å². The Hall–Kier alpha value is -3.11. The van der Waals surface area contributed by atoms with Gasteiger partial charge in [-0.3, -0.25) is 4.79 Å². The number of ether oxygens (including phenoxy) is 5. The van der Waals surface area contributed by atoms with Gasteiger partial charge in [-0.15, -0.1) is 0 Å². The smallest absolute Gasteiger partial charge is 0.477 e. The van der Waals surface area contributed by atoms with Gasteiger partial charge in [0.1, 0.15) is 11.4 Å². The molecule has 1 aromatic rings. The van der Waals surface area contributed by atoms with Crippen LogP contribution < -0.4 is 9.47 Å². The van der Waals surface area contributed by atoms with E-state index in [9.17, 15) is 19.5 Å². The molecule has 0 radical (unpaired) electrons. The summed E-state index contributed by atoms with van der Waals surface area (Å²) >= 11 is 0. The van der Waals surface area contributed by atoms with Crippen LogP contribution in [-0.4, -0.2) is 71.6 Å². The fourth-order valence-electron chi connectivity index (χ4n) is 6.21. The molecule has 0 unspecified atom stereocenters. The number of carbonyl (C=O) groups excluding carboxylic acids is 3. The number of esters is 1. The minimum absolute atomic E-state index is 0.176. The van der Waals surface area contributed by atoms with Gasteiger partial charge in [0.05, 0.1) is 11.0 Å². The predicted octanol–water partition coefficient (Wildman–Crippen LogP) is 2.38. The van der Waals surface area contributed by atoms with Crippen LogP contribution in [0.25, 0.3) is 0 Å². The molecule has 0 amide bonds. The van der Waals surface area contributed by atoms with Crippen LogP contribution in [0.4, 0.5) is 4.79 Å². The van der Waals surface area contributed by atoms with Crippen molar-refractivity contribution in [2.45, 2.75) is 81.8 Å². The summed E-state index contributed by atoms with van der Waals surface area (Å²) in [5.41, 5.74) is -1.10. The Morgan fingerprint density at radius 2 is 2.03 bits per heavy atom. The van der Waals surface area contributed by atoms with E-state index < -0.39 is 40.9 Å². The van der Waals surface area contributed by atoms with Gasteiger partial charge in [-0.2, -0.15) is 0 Å². The molecule has 2 aliphatic heterocycles. The topological polar surface area (TPSA) is 121 Å². The van der Waals surface area contributed by atoms with Crippen LogP contribution in [0.15, 0.2) is 24.0 Å².